The third-order valence-corrected chi connectivity index (χ3v) is 5.48. The lowest BCUT2D eigenvalue weighted by molar-refractivity contribution is -0.220. The molecule has 1 heterocycles. The van der Waals surface area contributed by atoms with Gasteiger partial charge in [-0.05, 0) is 62.4 Å². The maximum Gasteiger partial charge on any atom is 0.253 e. The van der Waals surface area contributed by atoms with Gasteiger partial charge in [-0.2, -0.15) is 0 Å². The van der Waals surface area contributed by atoms with Gasteiger partial charge in [0.25, 0.3) is 11.8 Å². The standard InChI is InChI=1S/C20H20Br2N2O4/c1-11-12(2)28-20(24-18(26)14-5-9-16(22)10-6-14)19(27-11)23-17(25)13-3-7-15(21)8-4-13/h3-12,19-20H,1-2H3,(H,23,25)(H,24,26)/t11-,12+,19-,20-/m0/s1. The summed E-state index contributed by atoms with van der Waals surface area (Å²) in [6, 6.07) is 13.9. The van der Waals surface area contributed by atoms with Gasteiger partial charge in [-0.3, -0.25) is 9.59 Å². The fraction of sp³-hybridized carbons (Fsp3) is 0.300. The number of amides is 2. The summed E-state index contributed by atoms with van der Waals surface area (Å²) >= 11 is 6.69. The van der Waals surface area contributed by atoms with E-state index in [1.807, 2.05) is 13.8 Å². The molecule has 0 radical (unpaired) electrons. The number of rotatable bonds is 4. The molecular weight excluding hydrogens is 492 g/mol. The van der Waals surface area contributed by atoms with E-state index >= 15 is 0 Å². The minimum Gasteiger partial charge on any atom is -0.348 e. The third-order valence-electron chi connectivity index (χ3n) is 4.42. The van der Waals surface area contributed by atoms with Crippen LogP contribution in [0.2, 0.25) is 0 Å². The molecule has 0 unspecified atom stereocenters. The predicted octanol–water partition coefficient (Wildman–Crippen LogP) is 3.85. The third kappa shape index (κ3) is 5.20. The summed E-state index contributed by atoms with van der Waals surface area (Å²) < 4.78 is 13.5. The lowest BCUT2D eigenvalue weighted by Crippen LogP contribution is -2.61. The van der Waals surface area contributed by atoms with Gasteiger partial charge in [-0.25, -0.2) is 0 Å². The quantitative estimate of drug-likeness (QED) is 0.653. The minimum atomic E-state index is -0.818. The Hall–Kier alpha value is -1.74. The fourth-order valence-corrected chi connectivity index (χ4v) is 3.20. The fourth-order valence-electron chi connectivity index (χ4n) is 2.67. The molecule has 2 aromatic rings. The maximum atomic E-state index is 12.6. The zero-order valence-electron chi connectivity index (χ0n) is 15.3. The van der Waals surface area contributed by atoms with E-state index in [2.05, 4.69) is 42.5 Å². The number of nitrogens with one attached hydrogen (secondary N) is 2. The smallest absolute Gasteiger partial charge is 0.253 e. The summed E-state index contributed by atoms with van der Waals surface area (Å²) in [4.78, 5) is 25.1. The van der Waals surface area contributed by atoms with Crippen LogP contribution in [0.3, 0.4) is 0 Å². The molecule has 1 fully saturated rings. The van der Waals surface area contributed by atoms with Crippen LogP contribution >= 0.6 is 31.9 Å². The van der Waals surface area contributed by atoms with Crippen molar-refractivity contribution in [2.75, 3.05) is 0 Å². The number of hydrogen-bond donors (Lipinski definition) is 2. The first-order valence-electron chi connectivity index (χ1n) is 8.77. The van der Waals surface area contributed by atoms with Crippen molar-refractivity contribution in [3.05, 3.63) is 68.6 Å². The van der Waals surface area contributed by atoms with E-state index in [9.17, 15) is 9.59 Å². The molecule has 8 heteroatoms. The van der Waals surface area contributed by atoms with Crippen LogP contribution in [-0.4, -0.2) is 36.5 Å². The van der Waals surface area contributed by atoms with Gasteiger partial charge in [-0.15, -0.1) is 0 Å². The van der Waals surface area contributed by atoms with Crippen molar-refractivity contribution < 1.29 is 19.1 Å². The first-order chi connectivity index (χ1) is 13.3. The van der Waals surface area contributed by atoms with E-state index in [-0.39, 0.29) is 24.0 Å². The predicted molar refractivity (Wildman–Crippen MR) is 112 cm³/mol. The molecule has 3 rings (SSSR count). The van der Waals surface area contributed by atoms with Crippen LogP contribution in [-0.2, 0) is 9.47 Å². The summed E-state index contributed by atoms with van der Waals surface area (Å²) in [5, 5.41) is 5.60. The van der Waals surface area contributed by atoms with Crippen molar-refractivity contribution in [2.24, 2.45) is 0 Å². The summed E-state index contributed by atoms with van der Waals surface area (Å²) in [5.74, 6) is -0.628. The van der Waals surface area contributed by atoms with Crippen LogP contribution in [0, 0.1) is 0 Å². The molecule has 0 bridgehead atoms. The summed E-state index contributed by atoms with van der Waals surface area (Å²) in [7, 11) is 0. The number of ether oxygens (including phenoxy) is 2. The lowest BCUT2D eigenvalue weighted by atomic mass is 10.2. The van der Waals surface area contributed by atoms with Crippen molar-refractivity contribution in [1.29, 1.82) is 0 Å². The normalized spacial score (nSPS) is 24.4. The topological polar surface area (TPSA) is 76.7 Å². The second-order valence-corrected chi connectivity index (χ2v) is 8.32. The highest BCUT2D eigenvalue weighted by Crippen LogP contribution is 2.19. The number of hydrogen-bond acceptors (Lipinski definition) is 4. The molecule has 4 atom stereocenters. The molecular formula is C20H20Br2N2O4. The Kier molecular flexibility index (Phi) is 6.87. The Morgan fingerprint density at radius 2 is 1.04 bits per heavy atom. The van der Waals surface area contributed by atoms with Crippen LogP contribution in [0.15, 0.2) is 57.5 Å². The van der Waals surface area contributed by atoms with Crippen molar-refractivity contribution in [1.82, 2.24) is 10.6 Å². The van der Waals surface area contributed by atoms with Crippen LogP contribution in [0.1, 0.15) is 34.6 Å². The molecule has 2 N–H and O–H groups in total. The lowest BCUT2D eigenvalue weighted by Gasteiger charge is -2.39. The van der Waals surface area contributed by atoms with Crippen molar-refractivity contribution >= 4 is 43.7 Å². The monoisotopic (exact) mass is 510 g/mol. The zero-order valence-corrected chi connectivity index (χ0v) is 18.5. The minimum absolute atomic E-state index is 0.240. The molecule has 0 aliphatic carbocycles. The highest BCUT2D eigenvalue weighted by atomic mass is 79.9. The second-order valence-electron chi connectivity index (χ2n) is 6.48. The average Bonchev–Trinajstić information content (AvgIpc) is 2.66. The van der Waals surface area contributed by atoms with Gasteiger partial charge in [0.1, 0.15) is 0 Å². The van der Waals surface area contributed by atoms with Crippen LogP contribution in [0.4, 0.5) is 0 Å². The Labute approximate surface area is 180 Å². The van der Waals surface area contributed by atoms with Crippen molar-refractivity contribution in [3.63, 3.8) is 0 Å². The van der Waals surface area contributed by atoms with Crippen molar-refractivity contribution in [3.8, 4) is 0 Å². The first-order valence-corrected chi connectivity index (χ1v) is 10.4. The molecule has 148 valence electrons. The van der Waals surface area contributed by atoms with E-state index in [4.69, 9.17) is 9.47 Å². The number of carbonyl (C=O) groups is 2. The van der Waals surface area contributed by atoms with Gasteiger partial charge in [0, 0.05) is 20.1 Å². The SMILES string of the molecule is C[C@@H]1O[C@H](NC(=O)c2ccc(Br)cc2)[C@@H](NC(=O)c2ccc(Br)cc2)O[C@@H]1C. The molecule has 1 saturated heterocycles. The Morgan fingerprint density at radius 1 is 0.714 bits per heavy atom. The number of halogens is 2. The second kappa shape index (κ2) is 9.17. The molecule has 1 aliphatic rings. The van der Waals surface area contributed by atoms with Crippen LogP contribution < -0.4 is 10.6 Å². The van der Waals surface area contributed by atoms with E-state index in [1.54, 1.807) is 48.5 Å². The Morgan fingerprint density at radius 3 is 1.36 bits per heavy atom. The molecule has 6 nitrogen and oxygen atoms in total. The molecule has 0 aromatic heterocycles. The summed E-state index contributed by atoms with van der Waals surface area (Å²) in [6.07, 6.45) is -2.12. The number of benzene rings is 2. The average molecular weight is 512 g/mol. The van der Waals surface area contributed by atoms with Gasteiger partial charge in [-0.1, -0.05) is 31.9 Å². The van der Waals surface area contributed by atoms with Crippen molar-refractivity contribution in [2.45, 2.75) is 38.5 Å². The van der Waals surface area contributed by atoms with E-state index in [0.717, 1.165) is 8.95 Å². The summed E-state index contributed by atoms with van der Waals surface area (Å²) in [6.45, 7) is 3.71. The van der Waals surface area contributed by atoms with Gasteiger partial charge >= 0.3 is 0 Å². The van der Waals surface area contributed by atoms with E-state index < -0.39 is 12.5 Å². The van der Waals surface area contributed by atoms with Crippen LogP contribution in [0.25, 0.3) is 0 Å². The highest BCUT2D eigenvalue weighted by Gasteiger charge is 2.37. The van der Waals surface area contributed by atoms with Gasteiger partial charge < -0.3 is 20.1 Å². The summed E-state index contributed by atoms with van der Waals surface area (Å²) in [5.41, 5.74) is 0.965. The number of carbonyl (C=O) groups excluding carboxylic acids is 2. The maximum absolute atomic E-state index is 12.6. The Bertz CT molecular complexity index is 771. The highest BCUT2D eigenvalue weighted by molar-refractivity contribution is 9.10. The van der Waals surface area contributed by atoms with Gasteiger partial charge in [0.15, 0.2) is 12.5 Å². The molecule has 0 saturated carbocycles. The van der Waals surface area contributed by atoms with Gasteiger partial charge in [0.05, 0.1) is 12.2 Å². The molecule has 1 aliphatic heterocycles. The molecule has 2 amide bonds. The first kappa shape index (κ1) is 21.0. The molecule has 2 aromatic carbocycles. The Balaban J connectivity index is 1.72. The van der Waals surface area contributed by atoms with E-state index in [1.165, 1.54) is 0 Å². The largest absolute Gasteiger partial charge is 0.348 e. The molecule has 0 spiro atoms. The van der Waals surface area contributed by atoms with Gasteiger partial charge in [0.2, 0.25) is 0 Å². The van der Waals surface area contributed by atoms with Crippen LogP contribution in [0.5, 0.6) is 0 Å². The van der Waals surface area contributed by atoms with E-state index in [0.29, 0.717) is 11.1 Å². The molecule has 28 heavy (non-hydrogen) atoms. The zero-order chi connectivity index (χ0) is 20.3.